The first-order valence-corrected chi connectivity index (χ1v) is 10.8. The average molecular weight is 460 g/mol. The molecular weight excluding hydrogens is 438 g/mol. The molecule has 1 amide bonds. The third kappa shape index (κ3) is 4.83. The smallest absolute Gasteiger partial charge is 0.262 e. The molecule has 3 rings (SSSR count). The number of fused-ring (bicyclic) bond motifs is 1. The zero-order valence-corrected chi connectivity index (χ0v) is 18.2. The van der Waals surface area contributed by atoms with Gasteiger partial charge in [-0.05, 0) is 37.1 Å². The number of hydrogen-bond donors (Lipinski definition) is 1. The van der Waals surface area contributed by atoms with Crippen molar-refractivity contribution in [2.45, 2.75) is 43.8 Å². The van der Waals surface area contributed by atoms with Gasteiger partial charge in [0.05, 0.1) is 16.2 Å². The maximum Gasteiger partial charge on any atom is 0.262 e. The van der Waals surface area contributed by atoms with Gasteiger partial charge >= 0.3 is 0 Å². The van der Waals surface area contributed by atoms with E-state index in [2.05, 4.69) is 26.2 Å². The normalized spacial score (nSPS) is 12.1. The lowest BCUT2D eigenvalue weighted by Gasteiger charge is -2.16. The van der Waals surface area contributed by atoms with Crippen LogP contribution in [0.1, 0.15) is 25.8 Å². The van der Waals surface area contributed by atoms with Gasteiger partial charge in [0.2, 0.25) is 5.91 Å². The molecule has 146 valence electrons. The summed E-state index contributed by atoms with van der Waals surface area (Å²) < 4.78 is 2.51. The highest BCUT2D eigenvalue weighted by Crippen LogP contribution is 2.24. The van der Waals surface area contributed by atoms with E-state index in [-0.39, 0.29) is 16.7 Å². The topological polar surface area (TPSA) is 64.0 Å². The first kappa shape index (κ1) is 20.6. The van der Waals surface area contributed by atoms with Crippen LogP contribution in [0.2, 0.25) is 0 Å². The molecule has 3 aromatic rings. The molecule has 1 aromatic heterocycles. The van der Waals surface area contributed by atoms with Crippen molar-refractivity contribution in [1.82, 2.24) is 14.9 Å². The second-order valence-corrected chi connectivity index (χ2v) is 8.70. The maximum absolute atomic E-state index is 12.9. The standard InChI is InChI=1S/C21H22BrN3O2S/c1-3-11-25-20(27)17-12-16(22)9-10-18(17)24-21(25)28-14(2)19(26)23-13-15-7-5-4-6-8-15/h4-10,12,14H,3,11,13H2,1-2H3,(H,23,26). The minimum Gasteiger partial charge on any atom is -0.351 e. The summed E-state index contributed by atoms with van der Waals surface area (Å²) >= 11 is 4.73. The maximum atomic E-state index is 12.9. The Bertz CT molecular complexity index is 1040. The lowest BCUT2D eigenvalue weighted by Crippen LogP contribution is -2.31. The number of rotatable bonds is 7. The zero-order valence-electron chi connectivity index (χ0n) is 15.8. The number of thioether (sulfide) groups is 1. The first-order valence-electron chi connectivity index (χ1n) is 9.18. The highest BCUT2D eigenvalue weighted by Gasteiger charge is 2.19. The van der Waals surface area contributed by atoms with Crippen molar-refractivity contribution < 1.29 is 4.79 Å². The lowest BCUT2D eigenvalue weighted by molar-refractivity contribution is -0.120. The van der Waals surface area contributed by atoms with Crippen LogP contribution >= 0.6 is 27.7 Å². The number of carbonyl (C=O) groups excluding carboxylic acids is 1. The van der Waals surface area contributed by atoms with Gasteiger partial charge in [-0.3, -0.25) is 14.2 Å². The van der Waals surface area contributed by atoms with E-state index in [1.807, 2.05) is 56.3 Å². The fourth-order valence-electron chi connectivity index (χ4n) is 2.82. The van der Waals surface area contributed by atoms with E-state index in [4.69, 9.17) is 0 Å². The van der Waals surface area contributed by atoms with E-state index in [1.165, 1.54) is 11.8 Å². The minimum atomic E-state index is -0.369. The predicted molar refractivity (Wildman–Crippen MR) is 118 cm³/mol. The quantitative estimate of drug-likeness (QED) is 0.420. The third-order valence-corrected chi connectivity index (χ3v) is 5.87. The number of nitrogens with one attached hydrogen (secondary N) is 1. The first-order chi connectivity index (χ1) is 13.5. The number of aromatic nitrogens is 2. The molecule has 0 aliphatic heterocycles. The van der Waals surface area contributed by atoms with Crippen molar-refractivity contribution >= 4 is 44.5 Å². The van der Waals surface area contributed by atoms with E-state index in [0.717, 1.165) is 16.5 Å². The zero-order chi connectivity index (χ0) is 20.1. The molecule has 0 aliphatic carbocycles. The molecule has 7 heteroatoms. The summed E-state index contributed by atoms with van der Waals surface area (Å²) in [7, 11) is 0. The van der Waals surface area contributed by atoms with Crippen LogP contribution < -0.4 is 10.9 Å². The van der Waals surface area contributed by atoms with Gasteiger partial charge < -0.3 is 5.32 Å². The van der Waals surface area contributed by atoms with Gasteiger partial charge in [0.25, 0.3) is 5.56 Å². The van der Waals surface area contributed by atoms with Gasteiger partial charge in [-0.25, -0.2) is 4.98 Å². The number of carbonyl (C=O) groups is 1. The Balaban J connectivity index is 1.81. The molecule has 5 nitrogen and oxygen atoms in total. The van der Waals surface area contributed by atoms with Gasteiger partial charge in [-0.1, -0.05) is 64.9 Å². The SMILES string of the molecule is CCCn1c(SC(C)C(=O)NCc2ccccc2)nc2ccc(Br)cc2c1=O. The monoisotopic (exact) mass is 459 g/mol. The molecule has 0 saturated heterocycles. The molecule has 0 aliphatic rings. The van der Waals surface area contributed by atoms with Crippen molar-refractivity contribution in [3.05, 3.63) is 68.9 Å². The molecule has 2 aromatic carbocycles. The van der Waals surface area contributed by atoms with Crippen LogP contribution in [0.25, 0.3) is 10.9 Å². The summed E-state index contributed by atoms with van der Waals surface area (Å²) in [5, 5.41) is 3.73. The molecule has 1 unspecified atom stereocenters. The fraction of sp³-hybridized carbons (Fsp3) is 0.286. The molecule has 0 spiro atoms. The molecule has 0 fully saturated rings. The number of benzene rings is 2. The molecule has 0 radical (unpaired) electrons. The van der Waals surface area contributed by atoms with Crippen LogP contribution in [-0.4, -0.2) is 20.7 Å². The molecule has 1 atom stereocenters. The van der Waals surface area contributed by atoms with Gasteiger partial charge in [0.1, 0.15) is 0 Å². The predicted octanol–water partition coefficient (Wildman–Crippen LogP) is 4.37. The second-order valence-electron chi connectivity index (χ2n) is 6.48. The largest absolute Gasteiger partial charge is 0.351 e. The number of nitrogens with zero attached hydrogens (tertiary/aromatic N) is 2. The van der Waals surface area contributed by atoms with Crippen LogP contribution in [0.15, 0.2) is 63.0 Å². The molecule has 0 saturated carbocycles. The molecule has 1 heterocycles. The Labute approximate surface area is 176 Å². The lowest BCUT2D eigenvalue weighted by atomic mass is 10.2. The van der Waals surface area contributed by atoms with Gasteiger partial charge in [-0.2, -0.15) is 0 Å². The Morgan fingerprint density at radius 3 is 2.71 bits per heavy atom. The summed E-state index contributed by atoms with van der Waals surface area (Å²) in [4.78, 5) is 30.1. The van der Waals surface area contributed by atoms with Crippen LogP contribution in [0, 0.1) is 0 Å². The number of amides is 1. The van der Waals surface area contributed by atoms with Crippen molar-refractivity contribution in [3.63, 3.8) is 0 Å². The Hall–Kier alpha value is -2.12. The molecular formula is C21H22BrN3O2S. The number of hydrogen-bond acceptors (Lipinski definition) is 4. The third-order valence-electron chi connectivity index (χ3n) is 4.29. The minimum absolute atomic E-state index is 0.0763. The van der Waals surface area contributed by atoms with Crippen molar-refractivity contribution in [3.8, 4) is 0 Å². The van der Waals surface area contributed by atoms with Crippen molar-refractivity contribution in [2.24, 2.45) is 0 Å². The van der Waals surface area contributed by atoms with Crippen LogP contribution in [0.5, 0.6) is 0 Å². The average Bonchev–Trinajstić information content (AvgIpc) is 2.70. The van der Waals surface area contributed by atoms with Gasteiger partial charge in [-0.15, -0.1) is 0 Å². The second kappa shape index (κ2) is 9.39. The Kier molecular flexibility index (Phi) is 6.91. The van der Waals surface area contributed by atoms with Gasteiger partial charge in [0, 0.05) is 17.6 Å². The highest BCUT2D eigenvalue weighted by molar-refractivity contribution is 9.10. The van der Waals surface area contributed by atoms with Crippen LogP contribution in [0.3, 0.4) is 0 Å². The summed E-state index contributed by atoms with van der Waals surface area (Å²) in [6, 6.07) is 15.3. The highest BCUT2D eigenvalue weighted by atomic mass is 79.9. The van der Waals surface area contributed by atoms with E-state index >= 15 is 0 Å². The fourth-order valence-corrected chi connectivity index (χ4v) is 4.14. The van der Waals surface area contributed by atoms with E-state index < -0.39 is 0 Å². The Morgan fingerprint density at radius 1 is 1.25 bits per heavy atom. The van der Waals surface area contributed by atoms with Gasteiger partial charge in [0.15, 0.2) is 5.16 Å². The molecule has 0 bridgehead atoms. The van der Waals surface area contributed by atoms with E-state index in [0.29, 0.717) is 29.1 Å². The molecule has 28 heavy (non-hydrogen) atoms. The summed E-state index contributed by atoms with van der Waals surface area (Å²) in [6.45, 7) is 4.89. The van der Waals surface area contributed by atoms with Crippen LogP contribution in [-0.2, 0) is 17.9 Å². The van der Waals surface area contributed by atoms with Crippen molar-refractivity contribution in [1.29, 1.82) is 0 Å². The van der Waals surface area contributed by atoms with Crippen molar-refractivity contribution in [2.75, 3.05) is 0 Å². The number of halogens is 1. The van der Waals surface area contributed by atoms with E-state index in [1.54, 1.807) is 10.6 Å². The van der Waals surface area contributed by atoms with E-state index in [9.17, 15) is 9.59 Å². The molecule has 1 N–H and O–H groups in total. The summed E-state index contributed by atoms with van der Waals surface area (Å²) in [6.07, 6.45) is 0.809. The summed E-state index contributed by atoms with van der Waals surface area (Å²) in [5.41, 5.74) is 1.61. The Morgan fingerprint density at radius 2 is 2.00 bits per heavy atom. The van der Waals surface area contributed by atoms with Crippen LogP contribution in [0.4, 0.5) is 0 Å². The summed E-state index contributed by atoms with van der Waals surface area (Å²) in [5.74, 6) is -0.0814.